The highest BCUT2D eigenvalue weighted by atomic mass is 16.5. The fourth-order valence-electron chi connectivity index (χ4n) is 8.88. The molecule has 0 aliphatic carbocycles. The standard InChI is InChI=1S/C46H48N4O4/c1-49-37-19-20-38(49)28-41(27-37)53-45(51)43(23-31-11-5-3-6-12-31)33-15-9-17-35(25-33)47-48-36-18-10-16-34(26-36)44(24-32-13-7-4-8-14-32)46(52)54-42-29-39-21-22-40(30-42)50(39)2/h3-18,23-26,37-42H,19-22,27-30H2,1-2H3/b43-23-,44-24-,48-47?. The molecule has 4 heterocycles. The summed E-state index contributed by atoms with van der Waals surface area (Å²) in [6.07, 6.45) is 11.7. The van der Waals surface area contributed by atoms with Crippen molar-refractivity contribution in [1.82, 2.24) is 9.80 Å². The highest BCUT2D eigenvalue weighted by Crippen LogP contribution is 2.38. The summed E-state index contributed by atoms with van der Waals surface area (Å²) in [6.45, 7) is 0. The van der Waals surface area contributed by atoms with Crippen LogP contribution in [0.2, 0.25) is 0 Å². The summed E-state index contributed by atoms with van der Waals surface area (Å²) in [5, 5.41) is 9.18. The Morgan fingerprint density at radius 3 is 1.28 bits per heavy atom. The number of rotatable bonds is 10. The van der Waals surface area contributed by atoms with E-state index in [2.05, 4.69) is 34.1 Å². The Kier molecular flexibility index (Phi) is 10.6. The molecule has 276 valence electrons. The highest BCUT2D eigenvalue weighted by molar-refractivity contribution is 6.22. The molecule has 0 spiro atoms. The smallest absolute Gasteiger partial charge is 0.339 e. The number of carbonyl (C=O) groups excluding carboxylic acids is 2. The van der Waals surface area contributed by atoms with Gasteiger partial charge in [-0.1, -0.05) is 84.9 Å². The van der Waals surface area contributed by atoms with Gasteiger partial charge in [-0.2, -0.15) is 10.2 Å². The number of piperidine rings is 2. The van der Waals surface area contributed by atoms with Crippen molar-refractivity contribution in [2.24, 2.45) is 10.2 Å². The van der Waals surface area contributed by atoms with Gasteiger partial charge in [-0.3, -0.25) is 0 Å². The molecular formula is C46H48N4O4. The second-order valence-electron chi connectivity index (χ2n) is 15.3. The van der Waals surface area contributed by atoms with E-state index in [1.165, 1.54) is 0 Å². The lowest BCUT2D eigenvalue weighted by Crippen LogP contribution is -2.43. The Hall–Kier alpha value is -5.18. The molecule has 4 unspecified atom stereocenters. The lowest BCUT2D eigenvalue weighted by atomic mass is 9.99. The number of esters is 2. The van der Waals surface area contributed by atoms with E-state index >= 15 is 0 Å². The summed E-state index contributed by atoms with van der Waals surface area (Å²) in [4.78, 5) is 32.7. The maximum atomic E-state index is 13.9. The number of azo groups is 1. The first-order chi connectivity index (χ1) is 26.4. The molecule has 0 saturated carbocycles. The van der Waals surface area contributed by atoms with Crippen LogP contribution in [0.5, 0.6) is 0 Å². The fourth-order valence-corrected chi connectivity index (χ4v) is 8.88. The molecule has 4 bridgehead atoms. The molecule has 0 amide bonds. The van der Waals surface area contributed by atoms with Crippen LogP contribution in [0.1, 0.15) is 73.6 Å². The van der Waals surface area contributed by atoms with Gasteiger partial charge in [0.2, 0.25) is 0 Å². The van der Waals surface area contributed by atoms with Crippen molar-refractivity contribution in [2.45, 2.75) is 87.7 Å². The van der Waals surface area contributed by atoms with Gasteiger partial charge in [-0.15, -0.1) is 0 Å². The summed E-state index contributed by atoms with van der Waals surface area (Å²) in [5.41, 5.74) is 5.41. The average Bonchev–Trinajstić information content (AvgIpc) is 3.50. The van der Waals surface area contributed by atoms with E-state index in [0.717, 1.165) is 62.5 Å². The Morgan fingerprint density at radius 2 is 0.907 bits per heavy atom. The third kappa shape index (κ3) is 8.15. The monoisotopic (exact) mass is 720 g/mol. The second kappa shape index (κ2) is 16.0. The molecule has 4 atom stereocenters. The van der Waals surface area contributed by atoms with Crippen LogP contribution in [0.4, 0.5) is 11.4 Å². The van der Waals surface area contributed by atoms with E-state index in [1.807, 2.05) is 121 Å². The zero-order valence-corrected chi connectivity index (χ0v) is 31.1. The Balaban J connectivity index is 1.03. The van der Waals surface area contributed by atoms with Crippen LogP contribution >= 0.6 is 0 Å². The first-order valence-corrected chi connectivity index (χ1v) is 19.4. The Bertz CT molecular complexity index is 1890. The fraction of sp³-hybridized carbons (Fsp3) is 0.348. The van der Waals surface area contributed by atoms with Gasteiger partial charge in [-0.05, 0) is 98.4 Å². The topological polar surface area (TPSA) is 83.8 Å². The number of hydrogen-bond donors (Lipinski definition) is 0. The van der Waals surface area contributed by atoms with E-state index in [9.17, 15) is 9.59 Å². The molecule has 4 aromatic carbocycles. The molecule has 8 nitrogen and oxygen atoms in total. The van der Waals surface area contributed by atoms with Crippen molar-refractivity contribution in [1.29, 1.82) is 0 Å². The van der Waals surface area contributed by atoms with Crippen molar-refractivity contribution in [2.75, 3.05) is 14.1 Å². The van der Waals surface area contributed by atoms with Crippen LogP contribution in [0.15, 0.2) is 119 Å². The zero-order valence-electron chi connectivity index (χ0n) is 31.1. The summed E-state index contributed by atoms with van der Waals surface area (Å²) >= 11 is 0. The van der Waals surface area contributed by atoms with Crippen LogP contribution in [-0.4, -0.2) is 72.2 Å². The van der Waals surface area contributed by atoms with Crippen molar-refractivity contribution in [3.63, 3.8) is 0 Å². The lowest BCUT2D eigenvalue weighted by Gasteiger charge is -2.35. The molecule has 4 aliphatic rings. The molecule has 4 fully saturated rings. The van der Waals surface area contributed by atoms with Gasteiger partial charge in [0.25, 0.3) is 0 Å². The molecule has 8 rings (SSSR count). The molecule has 8 heteroatoms. The third-order valence-corrected chi connectivity index (χ3v) is 11.9. The Morgan fingerprint density at radius 1 is 0.537 bits per heavy atom. The second-order valence-corrected chi connectivity index (χ2v) is 15.3. The summed E-state index contributed by atoms with van der Waals surface area (Å²) in [5.74, 6) is -0.653. The number of carbonyl (C=O) groups is 2. The minimum absolute atomic E-state index is 0.0990. The van der Waals surface area contributed by atoms with Gasteiger partial charge in [0.1, 0.15) is 12.2 Å². The average molecular weight is 721 g/mol. The van der Waals surface area contributed by atoms with Gasteiger partial charge >= 0.3 is 11.9 Å². The number of fused-ring (bicyclic) bond motifs is 4. The number of nitrogens with zero attached hydrogens (tertiary/aromatic N) is 4. The van der Waals surface area contributed by atoms with E-state index in [-0.39, 0.29) is 24.1 Å². The largest absolute Gasteiger partial charge is 0.459 e. The van der Waals surface area contributed by atoms with E-state index in [1.54, 1.807) is 0 Å². The SMILES string of the molecule is CN1C2CCC1CC(OC(=O)/C(=C\c1ccccc1)c1cccc(N=Nc3cccc(/C(=C/c4ccccc4)C(=O)OC4CC5CCC(C4)N5C)c3)c1)C2. The molecule has 0 radical (unpaired) electrons. The first kappa shape index (κ1) is 35.8. The van der Waals surface area contributed by atoms with Gasteiger partial charge in [0.15, 0.2) is 0 Å². The molecule has 54 heavy (non-hydrogen) atoms. The molecular weight excluding hydrogens is 673 g/mol. The number of hydrogen-bond acceptors (Lipinski definition) is 8. The minimum Gasteiger partial charge on any atom is -0.459 e. The summed E-state index contributed by atoms with van der Waals surface area (Å²) < 4.78 is 12.4. The first-order valence-electron chi connectivity index (χ1n) is 19.4. The van der Waals surface area contributed by atoms with E-state index < -0.39 is 0 Å². The van der Waals surface area contributed by atoms with Crippen LogP contribution in [0, 0.1) is 0 Å². The maximum Gasteiger partial charge on any atom is 0.339 e. The summed E-state index contributed by atoms with van der Waals surface area (Å²) in [7, 11) is 4.37. The van der Waals surface area contributed by atoms with Gasteiger partial charge in [-0.25, -0.2) is 9.59 Å². The van der Waals surface area contributed by atoms with Gasteiger partial charge in [0.05, 0.1) is 22.5 Å². The zero-order chi connectivity index (χ0) is 37.0. The molecule has 4 aromatic rings. The predicted octanol–water partition coefficient (Wildman–Crippen LogP) is 9.52. The van der Waals surface area contributed by atoms with Crippen LogP contribution < -0.4 is 0 Å². The van der Waals surface area contributed by atoms with E-state index in [0.29, 0.717) is 57.8 Å². The van der Waals surface area contributed by atoms with Crippen molar-refractivity contribution in [3.05, 3.63) is 131 Å². The van der Waals surface area contributed by atoms with Crippen LogP contribution in [-0.2, 0) is 19.1 Å². The number of ether oxygens (including phenoxy) is 2. The normalized spacial score (nSPS) is 25.9. The summed E-state index contributed by atoms with van der Waals surface area (Å²) in [6, 6.07) is 36.6. The molecule has 0 aromatic heterocycles. The van der Waals surface area contributed by atoms with Crippen molar-refractivity contribution >= 4 is 46.6 Å². The van der Waals surface area contributed by atoms with Crippen LogP contribution in [0.25, 0.3) is 23.3 Å². The Labute approximate surface area is 318 Å². The highest BCUT2D eigenvalue weighted by Gasteiger charge is 2.41. The molecule has 4 aliphatic heterocycles. The predicted molar refractivity (Wildman–Crippen MR) is 213 cm³/mol. The molecule has 4 saturated heterocycles. The third-order valence-electron chi connectivity index (χ3n) is 11.9. The minimum atomic E-state index is -0.327. The van der Waals surface area contributed by atoms with Gasteiger partial charge < -0.3 is 19.3 Å². The number of benzene rings is 4. The maximum absolute atomic E-state index is 13.9. The van der Waals surface area contributed by atoms with Gasteiger partial charge in [0, 0.05) is 49.9 Å². The van der Waals surface area contributed by atoms with Crippen molar-refractivity contribution in [3.8, 4) is 0 Å². The quantitative estimate of drug-likeness (QED) is 0.0703. The van der Waals surface area contributed by atoms with E-state index in [4.69, 9.17) is 9.47 Å². The lowest BCUT2D eigenvalue weighted by molar-refractivity contribution is -0.145. The van der Waals surface area contributed by atoms with Crippen LogP contribution in [0.3, 0.4) is 0 Å². The van der Waals surface area contributed by atoms with Crippen molar-refractivity contribution < 1.29 is 19.1 Å². The molecule has 0 N–H and O–H groups in total.